The number of aryl methyl sites for hydroxylation is 1. The van der Waals surface area contributed by atoms with E-state index in [1.807, 2.05) is 18.3 Å². The maximum Gasteiger partial charge on any atom is 0.147 e. The first kappa shape index (κ1) is 24.8. The molecule has 0 spiro atoms. The molecule has 1 aliphatic rings. The molecule has 0 unspecified atom stereocenters. The predicted molar refractivity (Wildman–Crippen MR) is 155 cm³/mol. The lowest BCUT2D eigenvalue weighted by Crippen LogP contribution is -2.31. The van der Waals surface area contributed by atoms with Gasteiger partial charge in [0.2, 0.25) is 0 Å². The summed E-state index contributed by atoms with van der Waals surface area (Å²) in [7, 11) is 0. The highest BCUT2D eigenvalue weighted by atomic mass is 35.5. The smallest absolute Gasteiger partial charge is 0.147 e. The molecule has 0 radical (unpaired) electrons. The molecule has 194 valence electrons. The van der Waals surface area contributed by atoms with Gasteiger partial charge < -0.3 is 14.6 Å². The molecule has 0 fully saturated rings. The normalized spacial score (nSPS) is 13.4. The van der Waals surface area contributed by atoms with Gasteiger partial charge >= 0.3 is 0 Å². The quantitative estimate of drug-likeness (QED) is 0.238. The van der Waals surface area contributed by atoms with Crippen LogP contribution in [0.5, 0.6) is 5.75 Å². The van der Waals surface area contributed by atoms with E-state index in [-0.39, 0.29) is 0 Å². The first-order valence-corrected chi connectivity index (χ1v) is 13.6. The Bertz CT molecular complexity index is 1640. The van der Waals surface area contributed by atoms with Gasteiger partial charge in [0.15, 0.2) is 0 Å². The maximum absolute atomic E-state index is 6.58. The van der Waals surface area contributed by atoms with Crippen molar-refractivity contribution in [1.82, 2.24) is 19.7 Å². The predicted octanol–water partition coefficient (Wildman–Crippen LogP) is 7.63. The Hall–Kier alpha value is -3.48. The Balaban J connectivity index is 1.56. The summed E-state index contributed by atoms with van der Waals surface area (Å²) >= 11 is 12.7. The maximum atomic E-state index is 6.58. The minimum absolute atomic E-state index is 0.410. The first-order valence-electron chi connectivity index (χ1n) is 12.9. The van der Waals surface area contributed by atoms with Gasteiger partial charge in [-0.2, -0.15) is 5.10 Å². The number of fused-ring (bicyclic) bond motifs is 2. The van der Waals surface area contributed by atoms with Gasteiger partial charge in [0.05, 0.1) is 28.0 Å². The van der Waals surface area contributed by atoms with Crippen molar-refractivity contribution in [3.63, 3.8) is 0 Å². The average Bonchev–Trinajstić information content (AvgIpc) is 3.52. The van der Waals surface area contributed by atoms with Gasteiger partial charge in [0.1, 0.15) is 17.3 Å². The second-order valence-electron chi connectivity index (χ2n) is 10.2. The lowest BCUT2D eigenvalue weighted by atomic mass is 9.98. The van der Waals surface area contributed by atoms with Crippen LogP contribution in [0.15, 0.2) is 60.9 Å². The molecule has 3 aromatic heterocycles. The van der Waals surface area contributed by atoms with E-state index in [1.165, 1.54) is 0 Å². The third-order valence-corrected chi connectivity index (χ3v) is 7.44. The third kappa shape index (κ3) is 4.42. The highest BCUT2D eigenvalue weighted by molar-refractivity contribution is 6.36. The van der Waals surface area contributed by atoms with E-state index in [4.69, 9.17) is 33.0 Å². The number of nitrogens with zero attached hydrogens (tertiary/aromatic N) is 4. The largest absolute Gasteiger partial charge is 0.491 e. The number of nitrogens with one attached hydrogen (secondary N) is 1. The van der Waals surface area contributed by atoms with Crippen LogP contribution in [0.4, 0.5) is 5.82 Å². The van der Waals surface area contributed by atoms with Crippen LogP contribution < -0.4 is 9.64 Å². The lowest BCUT2D eigenvalue weighted by Gasteiger charge is -2.28. The van der Waals surface area contributed by atoms with Crippen molar-refractivity contribution >= 4 is 39.9 Å². The van der Waals surface area contributed by atoms with Crippen LogP contribution >= 0.6 is 23.2 Å². The molecule has 5 aromatic rings. The van der Waals surface area contributed by atoms with Crippen molar-refractivity contribution in [2.24, 2.45) is 5.92 Å². The standard InChI is InChI=1S/C30H29Cl2N5O/c1-18(2)17-38-27-9-4-6-19(3)28(27)37-29(22-7-5-8-25-21(22)10-12-33-25)23-16-36(13-11-26(23)35-37)30-24(32)14-20(31)15-34-30/h4-10,12,14-15,18,33H,11,13,16-17H2,1-3H3. The van der Waals surface area contributed by atoms with E-state index in [1.54, 1.807) is 12.3 Å². The second kappa shape index (κ2) is 10.0. The van der Waals surface area contributed by atoms with Gasteiger partial charge in [-0.05, 0) is 42.7 Å². The molecular formula is C30H29Cl2N5O. The zero-order chi connectivity index (χ0) is 26.4. The zero-order valence-corrected chi connectivity index (χ0v) is 23.1. The summed E-state index contributed by atoms with van der Waals surface area (Å²) < 4.78 is 8.42. The molecular weight excluding hydrogens is 517 g/mol. The second-order valence-corrected chi connectivity index (χ2v) is 11.0. The summed E-state index contributed by atoms with van der Waals surface area (Å²) in [5.74, 6) is 1.98. The Morgan fingerprint density at radius 3 is 2.76 bits per heavy atom. The number of ether oxygens (including phenoxy) is 1. The number of rotatable bonds is 6. The summed E-state index contributed by atoms with van der Waals surface area (Å²) in [6.45, 7) is 8.46. The molecule has 0 aliphatic carbocycles. The molecule has 0 saturated carbocycles. The minimum Gasteiger partial charge on any atom is -0.491 e. The monoisotopic (exact) mass is 545 g/mol. The van der Waals surface area contributed by atoms with E-state index in [0.717, 1.165) is 69.2 Å². The van der Waals surface area contributed by atoms with E-state index >= 15 is 0 Å². The zero-order valence-electron chi connectivity index (χ0n) is 21.6. The molecule has 1 N–H and O–H groups in total. The third-order valence-electron chi connectivity index (χ3n) is 6.96. The molecule has 6 rings (SSSR count). The van der Waals surface area contributed by atoms with E-state index in [2.05, 4.69) is 70.7 Å². The molecule has 0 atom stereocenters. The number of benzene rings is 2. The molecule has 0 amide bonds. The summed E-state index contributed by atoms with van der Waals surface area (Å²) in [6.07, 6.45) is 4.40. The number of anilines is 1. The van der Waals surface area contributed by atoms with Gasteiger partial charge in [-0.3, -0.25) is 0 Å². The summed E-state index contributed by atoms with van der Waals surface area (Å²) in [4.78, 5) is 10.1. The molecule has 6 nitrogen and oxygen atoms in total. The van der Waals surface area contributed by atoms with Crippen LogP contribution in [0.2, 0.25) is 10.0 Å². The summed E-state index contributed by atoms with van der Waals surface area (Å²) in [5, 5.41) is 7.45. The fourth-order valence-electron chi connectivity index (χ4n) is 5.20. The fourth-order valence-corrected chi connectivity index (χ4v) is 5.70. The molecule has 4 heterocycles. The number of halogens is 2. The van der Waals surface area contributed by atoms with E-state index in [0.29, 0.717) is 29.1 Å². The van der Waals surface area contributed by atoms with Crippen LogP contribution in [0, 0.1) is 12.8 Å². The highest BCUT2D eigenvalue weighted by Gasteiger charge is 2.30. The number of pyridine rings is 1. The summed E-state index contributed by atoms with van der Waals surface area (Å²) in [6, 6.07) is 16.4. The van der Waals surface area contributed by atoms with Crippen LogP contribution in [-0.4, -0.2) is 32.9 Å². The molecule has 2 aromatic carbocycles. The topological polar surface area (TPSA) is 59.0 Å². The Morgan fingerprint density at radius 2 is 1.95 bits per heavy atom. The van der Waals surface area contributed by atoms with Crippen LogP contribution in [-0.2, 0) is 13.0 Å². The Morgan fingerprint density at radius 1 is 1.11 bits per heavy atom. The van der Waals surface area contributed by atoms with Crippen molar-refractivity contribution in [3.8, 4) is 22.7 Å². The van der Waals surface area contributed by atoms with Gasteiger partial charge in [-0.25, -0.2) is 9.67 Å². The SMILES string of the molecule is Cc1cccc(OCC(C)C)c1-n1nc2c(c1-c1cccc3[nH]ccc13)CN(c1ncc(Cl)cc1Cl)CC2. The van der Waals surface area contributed by atoms with Gasteiger partial charge in [-0.1, -0.05) is 61.3 Å². The van der Waals surface area contributed by atoms with Crippen molar-refractivity contribution in [1.29, 1.82) is 0 Å². The molecule has 1 aliphatic heterocycles. The van der Waals surface area contributed by atoms with Gasteiger partial charge in [0.25, 0.3) is 0 Å². The van der Waals surface area contributed by atoms with Crippen LogP contribution in [0.25, 0.3) is 27.8 Å². The van der Waals surface area contributed by atoms with Crippen molar-refractivity contribution < 1.29 is 4.74 Å². The Kier molecular flexibility index (Phi) is 6.54. The number of para-hydroxylation sites is 1. The molecule has 38 heavy (non-hydrogen) atoms. The van der Waals surface area contributed by atoms with E-state index in [9.17, 15) is 0 Å². The fraction of sp³-hybridized carbons (Fsp3) is 0.267. The highest BCUT2D eigenvalue weighted by Crippen LogP contribution is 2.40. The van der Waals surface area contributed by atoms with Crippen molar-refractivity contribution in [2.45, 2.75) is 33.7 Å². The number of hydrogen-bond acceptors (Lipinski definition) is 4. The number of aromatic amines is 1. The van der Waals surface area contributed by atoms with Crippen molar-refractivity contribution in [3.05, 3.63) is 87.8 Å². The number of hydrogen-bond donors (Lipinski definition) is 1. The lowest BCUT2D eigenvalue weighted by molar-refractivity contribution is 0.270. The molecule has 8 heteroatoms. The van der Waals surface area contributed by atoms with Gasteiger partial charge in [-0.15, -0.1) is 0 Å². The average molecular weight is 547 g/mol. The molecule has 0 bridgehead atoms. The van der Waals surface area contributed by atoms with Crippen LogP contribution in [0.1, 0.15) is 30.7 Å². The summed E-state index contributed by atoms with van der Waals surface area (Å²) in [5.41, 5.74) is 7.58. The minimum atomic E-state index is 0.410. The number of aromatic nitrogens is 4. The number of H-pyrrole nitrogens is 1. The first-order chi connectivity index (χ1) is 18.4. The Labute approximate surface area is 232 Å². The van der Waals surface area contributed by atoms with Crippen LogP contribution in [0.3, 0.4) is 0 Å². The van der Waals surface area contributed by atoms with E-state index < -0.39 is 0 Å². The van der Waals surface area contributed by atoms with Crippen molar-refractivity contribution in [2.75, 3.05) is 18.1 Å². The molecule has 0 saturated heterocycles. The van der Waals surface area contributed by atoms with Gasteiger partial charge in [0, 0.05) is 53.9 Å².